The quantitative estimate of drug-likeness (QED) is 0.103. The highest BCUT2D eigenvalue weighted by Crippen LogP contribution is 2.41. The monoisotopic (exact) mass is 1010 g/mol. The Morgan fingerprint density at radius 1 is 0.625 bits per heavy atom. The fourth-order valence-corrected chi connectivity index (χ4v) is 10.4. The van der Waals surface area contributed by atoms with Crippen molar-refractivity contribution in [1.29, 1.82) is 0 Å². The van der Waals surface area contributed by atoms with E-state index in [1.165, 1.54) is 86.2 Å². The zero-order valence-corrected chi connectivity index (χ0v) is 43.2. The summed E-state index contributed by atoms with van der Waals surface area (Å²) < 4.78 is 51.7. The van der Waals surface area contributed by atoms with Crippen molar-refractivity contribution in [3.05, 3.63) is 142 Å². The maximum absolute atomic E-state index is 13.6. The fourth-order valence-electron chi connectivity index (χ4n) is 9.60. The minimum atomic E-state index is -3.32. The van der Waals surface area contributed by atoms with Crippen LogP contribution >= 0.6 is 0 Å². The van der Waals surface area contributed by atoms with Gasteiger partial charge in [0.25, 0.3) is 11.8 Å². The van der Waals surface area contributed by atoms with Crippen LogP contribution in [-0.4, -0.2) is 166 Å². The lowest BCUT2D eigenvalue weighted by Crippen LogP contribution is -2.56. The highest BCUT2D eigenvalue weighted by Gasteiger charge is 2.39. The molecule has 388 valence electrons. The van der Waals surface area contributed by atoms with E-state index in [9.17, 15) is 36.4 Å². The summed E-state index contributed by atoms with van der Waals surface area (Å²) in [6.07, 6.45) is 5.88. The smallest absolute Gasteiger partial charge is 0.254 e. The first kappa shape index (κ1) is 54.2. The molecule has 4 fully saturated rings. The second-order valence-electron chi connectivity index (χ2n) is 20.0. The summed E-state index contributed by atoms with van der Waals surface area (Å²) in [6, 6.07) is 27.6. The Bertz CT molecular complexity index is 2550. The minimum absolute atomic E-state index is 0.0347. The standard InChI is InChI=1S/C28H37FN4O4S.C27H35FN4O2/c1-20-6-8-21(9-7-20)24-19-25(24)30-14-4-5-26(31(2)27(34)22-10-12-23(29)13-11-22)28(35)32-15-17-33(18-16-32)38(3,36)37;1-19-5-7-20(8-6-19)23-18-25(23)29-13-3-4-24(27(34)32-16-14-31(2)15-17-32)30-26(33)21-9-11-22(28)12-10-21/h6-13,24-26,30H,4-5,14-19H2,1-3H3;5-12,23-25,29H,3-4,13-18H2,1-2H3,(H,30,33)/t24-,25?,26-;23-,24+,25+/m01/s1. The van der Waals surface area contributed by atoms with Crippen LogP contribution in [0.15, 0.2) is 97.1 Å². The van der Waals surface area contributed by atoms with Gasteiger partial charge in [-0.1, -0.05) is 59.7 Å². The van der Waals surface area contributed by atoms with Crippen molar-refractivity contribution in [1.82, 2.24) is 39.9 Å². The molecule has 0 spiro atoms. The molecule has 6 atom stereocenters. The van der Waals surface area contributed by atoms with E-state index in [4.69, 9.17) is 0 Å². The predicted octanol–water partition coefficient (Wildman–Crippen LogP) is 5.54. The molecular weight excluding hydrogens is 939 g/mol. The molecule has 14 nitrogen and oxygen atoms in total. The normalized spacial score (nSPS) is 20.9. The number of piperazine rings is 2. The van der Waals surface area contributed by atoms with E-state index in [0.717, 1.165) is 45.4 Å². The van der Waals surface area contributed by atoms with Gasteiger partial charge in [-0.25, -0.2) is 17.2 Å². The first-order chi connectivity index (χ1) is 34.4. The lowest BCUT2D eigenvalue weighted by atomic mass is 10.1. The van der Waals surface area contributed by atoms with E-state index in [2.05, 4.69) is 83.2 Å². The number of rotatable bonds is 19. The molecule has 72 heavy (non-hydrogen) atoms. The third kappa shape index (κ3) is 15.2. The molecule has 4 aromatic rings. The number of hydrogen-bond acceptors (Lipinski definition) is 9. The summed E-state index contributed by atoms with van der Waals surface area (Å²) in [5.41, 5.74) is 5.89. The van der Waals surface area contributed by atoms with E-state index in [-0.39, 0.29) is 49.8 Å². The highest BCUT2D eigenvalue weighted by atomic mass is 32.2. The Kier molecular flexibility index (Phi) is 18.7. The van der Waals surface area contributed by atoms with Crippen molar-refractivity contribution in [3.63, 3.8) is 0 Å². The van der Waals surface area contributed by atoms with Crippen molar-refractivity contribution in [3.8, 4) is 0 Å². The second-order valence-corrected chi connectivity index (χ2v) is 22.0. The topological polar surface area (TPSA) is 155 Å². The summed E-state index contributed by atoms with van der Waals surface area (Å²) >= 11 is 0. The molecule has 2 saturated heterocycles. The number of carbonyl (C=O) groups is 4. The van der Waals surface area contributed by atoms with Crippen molar-refractivity contribution in [2.45, 2.75) is 88.4 Å². The Morgan fingerprint density at radius 2 is 1.07 bits per heavy atom. The van der Waals surface area contributed by atoms with Crippen LogP contribution in [0.1, 0.15) is 93.3 Å². The number of amides is 4. The van der Waals surface area contributed by atoms with Crippen molar-refractivity contribution in [2.24, 2.45) is 0 Å². The van der Waals surface area contributed by atoms with Gasteiger partial charge in [0.15, 0.2) is 0 Å². The zero-order chi connectivity index (χ0) is 51.5. The van der Waals surface area contributed by atoms with Gasteiger partial charge in [-0.15, -0.1) is 0 Å². The number of nitrogens with one attached hydrogen (secondary N) is 3. The average molecular weight is 1010 g/mol. The summed E-state index contributed by atoms with van der Waals surface area (Å²) in [7, 11) is 0.325. The summed E-state index contributed by atoms with van der Waals surface area (Å²) in [5, 5.41) is 10.1. The van der Waals surface area contributed by atoms with Crippen LogP contribution in [0.5, 0.6) is 0 Å². The van der Waals surface area contributed by atoms with Gasteiger partial charge in [-0.2, -0.15) is 4.31 Å². The van der Waals surface area contributed by atoms with Crippen LogP contribution in [0.25, 0.3) is 0 Å². The fraction of sp³-hybridized carbons (Fsp3) is 0.491. The Labute approximate surface area is 424 Å². The van der Waals surface area contributed by atoms with Crippen LogP contribution in [0, 0.1) is 25.5 Å². The van der Waals surface area contributed by atoms with E-state index < -0.39 is 33.7 Å². The molecule has 17 heteroatoms. The van der Waals surface area contributed by atoms with Gasteiger partial charge in [-0.05, 0) is 132 Å². The molecule has 8 rings (SSSR count). The first-order valence-electron chi connectivity index (χ1n) is 25.4. The SMILES string of the molecule is Cc1ccc([C@@H]2CC2NCCC[C@@H](C(=O)N2CCN(S(C)(=O)=O)CC2)N(C)C(=O)c2ccc(F)cc2)cc1.Cc1ccc([C@H]2C[C@@H]2NCCC[C@H](NC(=O)c2ccc(F)cc2)C(=O)N2CCN(C)CC2)cc1. The number of halogens is 2. The van der Waals surface area contributed by atoms with Crippen molar-refractivity contribution in [2.75, 3.05) is 85.8 Å². The zero-order valence-electron chi connectivity index (χ0n) is 42.4. The van der Waals surface area contributed by atoms with Crippen LogP contribution < -0.4 is 16.0 Å². The maximum Gasteiger partial charge on any atom is 0.254 e. The van der Waals surface area contributed by atoms with Crippen molar-refractivity contribution < 1.29 is 36.4 Å². The molecule has 1 unspecified atom stereocenters. The molecule has 0 bridgehead atoms. The Balaban J connectivity index is 0.000000213. The molecule has 3 N–H and O–H groups in total. The van der Waals surface area contributed by atoms with Gasteiger partial charge in [0.2, 0.25) is 21.8 Å². The second kappa shape index (κ2) is 24.9. The van der Waals surface area contributed by atoms with E-state index in [1.807, 2.05) is 11.9 Å². The molecule has 2 aliphatic heterocycles. The van der Waals surface area contributed by atoms with Crippen molar-refractivity contribution >= 4 is 33.7 Å². The number of benzene rings is 4. The molecule has 2 heterocycles. The largest absolute Gasteiger partial charge is 0.340 e. The molecule has 4 aromatic carbocycles. The molecule has 0 aromatic heterocycles. The number of carbonyl (C=O) groups excluding carboxylic acids is 4. The first-order valence-corrected chi connectivity index (χ1v) is 27.2. The summed E-state index contributed by atoms with van der Waals surface area (Å²) in [6.45, 7) is 9.69. The van der Waals surface area contributed by atoms with E-state index in [1.54, 1.807) is 11.9 Å². The van der Waals surface area contributed by atoms with Gasteiger partial charge < -0.3 is 35.6 Å². The molecule has 0 radical (unpaired) electrons. The lowest BCUT2D eigenvalue weighted by Gasteiger charge is -2.37. The van der Waals surface area contributed by atoms with Gasteiger partial charge in [0.1, 0.15) is 23.7 Å². The Hall–Kier alpha value is -5.59. The Morgan fingerprint density at radius 3 is 1.56 bits per heavy atom. The molecule has 2 aliphatic carbocycles. The molecule has 4 aliphatic rings. The summed E-state index contributed by atoms with van der Waals surface area (Å²) in [5.74, 6) is -0.696. The molecular formula is C55H72F2N8O6S. The number of likely N-dealkylation sites (N-methyl/N-ethyl adjacent to an activating group) is 2. The summed E-state index contributed by atoms with van der Waals surface area (Å²) in [4.78, 5) is 59.9. The molecule has 2 saturated carbocycles. The third-order valence-electron chi connectivity index (χ3n) is 14.4. The van der Waals surface area contributed by atoms with Crippen LogP contribution in [-0.2, 0) is 19.6 Å². The van der Waals surface area contributed by atoms with E-state index in [0.29, 0.717) is 67.4 Å². The average Bonchev–Trinajstić information content (AvgIpc) is 4.32. The van der Waals surface area contributed by atoms with E-state index >= 15 is 0 Å². The lowest BCUT2D eigenvalue weighted by molar-refractivity contribution is -0.137. The number of sulfonamides is 1. The van der Waals surface area contributed by atoms with Gasteiger partial charge in [0, 0.05) is 94.5 Å². The number of aryl methyl sites for hydroxylation is 2. The van der Waals surface area contributed by atoms with Gasteiger partial charge >= 0.3 is 0 Å². The third-order valence-corrected chi connectivity index (χ3v) is 15.7. The number of nitrogens with zero attached hydrogens (tertiary/aromatic N) is 5. The van der Waals surface area contributed by atoms with Crippen LogP contribution in [0.4, 0.5) is 8.78 Å². The maximum atomic E-state index is 13.6. The van der Waals surface area contributed by atoms with Gasteiger partial charge in [-0.3, -0.25) is 19.2 Å². The van der Waals surface area contributed by atoms with Gasteiger partial charge in [0.05, 0.1) is 6.26 Å². The molecule has 4 amide bonds. The predicted molar refractivity (Wildman–Crippen MR) is 276 cm³/mol. The van der Waals surface area contributed by atoms with Crippen LogP contribution in [0.2, 0.25) is 0 Å². The highest BCUT2D eigenvalue weighted by molar-refractivity contribution is 7.88. The van der Waals surface area contributed by atoms with Crippen LogP contribution in [0.3, 0.4) is 0 Å². The minimum Gasteiger partial charge on any atom is -0.340 e. The number of hydrogen-bond donors (Lipinski definition) is 3.